The molecule has 0 saturated carbocycles. The Morgan fingerprint density at radius 1 is 1.33 bits per heavy atom. The summed E-state index contributed by atoms with van der Waals surface area (Å²) >= 11 is 1.48. The summed E-state index contributed by atoms with van der Waals surface area (Å²) in [6.45, 7) is 1.89. The van der Waals surface area contributed by atoms with Crippen LogP contribution in [0.25, 0.3) is 23.0 Å². The molecule has 21 heavy (non-hydrogen) atoms. The molecule has 0 spiro atoms. The van der Waals surface area contributed by atoms with Gasteiger partial charge in [-0.3, -0.25) is 0 Å². The largest absolute Gasteiger partial charge is 0.497 e. The zero-order valence-electron chi connectivity index (χ0n) is 11.6. The minimum absolute atomic E-state index is 0.107. The van der Waals surface area contributed by atoms with E-state index in [9.17, 15) is 0 Å². The van der Waals surface area contributed by atoms with E-state index in [1.165, 1.54) is 11.3 Å². The van der Waals surface area contributed by atoms with Crippen molar-refractivity contribution in [3.05, 3.63) is 34.7 Å². The standard InChI is InChI=1S/C14H14N4O2S/c1-8(15)14-16-11(7-21-14)13-17-12(18-20-13)9-4-3-5-10(6-9)19-2/h3-8H,15H2,1-2H3. The summed E-state index contributed by atoms with van der Waals surface area (Å²) < 4.78 is 10.5. The van der Waals surface area contributed by atoms with Crippen LogP contribution in [0, 0.1) is 0 Å². The minimum Gasteiger partial charge on any atom is -0.497 e. The summed E-state index contributed by atoms with van der Waals surface area (Å²) in [7, 11) is 1.62. The van der Waals surface area contributed by atoms with Crippen molar-refractivity contribution >= 4 is 11.3 Å². The minimum atomic E-state index is -0.107. The van der Waals surface area contributed by atoms with Crippen molar-refractivity contribution in [1.29, 1.82) is 0 Å². The Kier molecular flexibility index (Phi) is 3.68. The first kappa shape index (κ1) is 13.7. The Morgan fingerprint density at radius 2 is 2.19 bits per heavy atom. The second kappa shape index (κ2) is 5.63. The molecular formula is C14H14N4O2S. The summed E-state index contributed by atoms with van der Waals surface area (Å²) in [5.41, 5.74) is 7.27. The highest BCUT2D eigenvalue weighted by Gasteiger charge is 2.15. The van der Waals surface area contributed by atoms with Gasteiger partial charge < -0.3 is 15.0 Å². The van der Waals surface area contributed by atoms with E-state index >= 15 is 0 Å². The number of hydrogen-bond donors (Lipinski definition) is 1. The van der Waals surface area contributed by atoms with Crippen molar-refractivity contribution < 1.29 is 9.26 Å². The number of ether oxygens (including phenoxy) is 1. The first-order valence-corrected chi connectivity index (χ1v) is 7.25. The predicted octanol–water partition coefficient (Wildman–Crippen LogP) is 2.89. The van der Waals surface area contributed by atoms with Gasteiger partial charge in [0.15, 0.2) is 0 Å². The Balaban J connectivity index is 1.91. The molecule has 108 valence electrons. The van der Waals surface area contributed by atoms with Crippen LogP contribution in [0.2, 0.25) is 0 Å². The molecule has 0 saturated heterocycles. The normalized spacial score (nSPS) is 12.3. The number of benzene rings is 1. The lowest BCUT2D eigenvalue weighted by atomic mass is 10.2. The van der Waals surface area contributed by atoms with Gasteiger partial charge in [-0.15, -0.1) is 11.3 Å². The van der Waals surface area contributed by atoms with Gasteiger partial charge in [0.1, 0.15) is 16.5 Å². The Bertz CT molecular complexity index is 751. The average Bonchev–Trinajstić information content (AvgIpc) is 3.16. The molecule has 0 fully saturated rings. The van der Waals surface area contributed by atoms with Crippen molar-refractivity contribution in [3.8, 4) is 28.7 Å². The third kappa shape index (κ3) is 2.79. The van der Waals surface area contributed by atoms with Crippen LogP contribution in [0.15, 0.2) is 34.2 Å². The van der Waals surface area contributed by atoms with Crippen LogP contribution in [0.3, 0.4) is 0 Å². The highest BCUT2D eigenvalue weighted by Crippen LogP contribution is 2.26. The number of nitrogens with two attached hydrogens (primary N) is 1. The van der Waals surface area contributed by atoms with Gasteiger partial charge in [-0.1, -0.05) is 17.3 Å². The van der Waals surface area contributed by atoms with Gasteiger partial charge in [0.05, 0.1) is 13.2 Å². The molecule has 2 heterocycles. The van der Waals surface area contributed by atoms with Crippen molar-refractivity contribution in [2.45, 2.75) is 13.0 Å². The van der Waals surface area contributed by atoms with Crippen LogP contribution in [-0.4, -0.2) is 22.2 Å². The van der Waals surface area contributed by atoms with Gasteiger partial charge in [-0.05, 0) is 19.1 Å². The summed E-state index contributed by atoms with van der Waals surface area (Å²) in [4.78, 5) is 8.76. The van der Waals surface area contributed by atoms with Gasteiger partial charge >= 0.3 is 0 Å². The number of nitrogens with zero attached hydrogens (tertiary/aromatic N) is 3. The van der Waals surface area contributed by atoms with Crippen LogP contribution in [0.1, 0.15) is 18.0 Å². The summed E-state index contributed by atoms with van der Waals surface area (Å²) in [5.74, 6) is 1.63. The second-order valence-corrected chi connectivity index (χ2v) is 5.40. The molecule has 1 aromatic carbocycles. The van der Waals surface area contributed by atoms with E-state index in [-0.39, 0.29) is 6.04 Å². The second-order valence-electron chi connectivity index (χ2n) is 4.51. The van der Waals surface area contributed by atoms with Crippen LogP contribution < -0.4 is 10.5 Å². The SMILES string of the molecule is COc1cccc(-c2noc(-c3csc(C(C)N)n3)n2)c1. The molecule has 0 amide bonds. The maximum atomic E-state index is 5.80. The number of hydrogen-bond acceptors (Lipinski definition) is 7. The molecule has 3 rings (SSSR count). The van der Waals surface area contributed by atoms with Crippen molar-refractivity contribution in [2.75, 3.05) is 7.11 Å². The topological polar surface area (TPSA) is 87.1 Å². The highest BCUT2D eigenvalue weighted by atomic mass is 32.1. The van der Waals surface area contributed by atoms with Gasteiger partial charge in [0.2, 0.25) is 5.82 Å². The summed E-state index contributed by atoms with van der Waals surface area (Å²) in [6.07, 6.45) is 0. The smallest absolute Gasteiger partial charge is 0.277 e. The zero-order chi connectivity index (χ0) is 14.8. The molecule has 0 aliphatic heterocycles. The number of aromatic nitrogens is 3. The lowest BCUT2D eigenvalue weighted by Crippen LogP contribution is -2.03. The fourth-order valence-electron chi connectivity index (χ4n) is 1.80. The van der Waals surface area contributed by atoms with Gasteiger partial charge in [-0.2, -0.15) is 4.98 Å². The highest BCUT2D eigenvalue weighted by molar-refractivity contribution is 7.10. The van der Waals surface area contributed by atoms with Crippen LogP contribution in [-0.2, 0) is 0 Å². The van der Waals surface area contributed by atoms with Crippen molar-refractivity contribution in [1.82, 2.24) is 15.1 Å². The Morgan fingerprint density at radius 3 is 2.90 bits per heavy atom. The monoisotopic (exact) mass is 302 g/mol. The molecule has 2 N–H and O–H groups in total. The number of thiazole rings is 1. The molecule has 3 aromatic rings. The number of methoxy groups -OCH3 is 1. The first-order valence-electron chi connectivity index (χ1n) is 6.37. The third-order valence-corrected chi connectivity index (χ3v) is 3.93. The molecule has 7 heteroatoms. The van der Waals surface area contributed by atoms with E-state index in [1.807, 2.05) is 36.6 Å². The first-order chi connectivity index (χ1) is 10.2. The molecule has 0 bridgehead atoms. The van der Waals surface area contributed by atoms with E-state index in [2.05, 4.69) is 15.1 Å². The fourth-order valence-corrected chi connectivity index (χ4v) is 2.55. The lowest BCUT2D eigenvalue weighted by molar-refractivity contribution is 0.414. The van der Waals surface area contributed by atoms with Crippen LogP contribution in [0.5, 0.6) is 5.75 Å². The molecule has 0 radical (unpaired) electrons. The summed E-state index contributed by atoms with van der Waals surface area (Å²) in [6, 6.07) is 7.37. The summed E-state index contributed by atoms with van der Waals surface area (Å²) in [5, 5.41) is 6.69. The fraction of sp³-hybridized carbons (Fsp3) is 0.214. The maximum Gasteiger partial charge on any atom is 0.277 e. The Hall–Kier alpha value is -2.25. The van der Waals surface area contributed by atoms with Crippen molar-refractivity contribution in [3.63, 3.8) is 0 Å². The van der Waals surface area contributed by atoms with Gasteiger partial charge in [0.25, 0.3) is 5.89 Å². The lowest BCUT2D eigenvalue weighted by Gasteiger charge is -1.99. The quantitative estimate of drug-likeness (QED) is 0.797. The third-order valence-electron chi connectivity index (χ3n) is 2.88. The van der Waals surface area contributed by atoms with Crippen molar-refractivity contribution in [2.24, 2.45) is 5.73 Å². The van der Waals surface area contributed by atoms with E-state index in [1.54, 1.807) is 7.11 Å². The van der Waals surface area contributed by atoms with Gasteiger partial charge in [0, 0.05) is 10.9 Å². The zero-order valence-corrected chi connectivity index (χ0v) is 12.4. The average molecular weight is 302 g/mol. The molecule has 2 aromatic heterocycles. The predicted molar refractivity (Wildman–Crippen MR) is 80.0 cm³/mol. The number of rotatable bonds is 4. The van der Waals surface area contributed by atoms with Gasteiger partial charge in [-0.25, -0.2) is 4.98 Å². The van der Waals surface area contributed by atoms with Crippen LogP contribution in [0.4, 0.5) is 0 Å². The van der Waals surface area contributed by atoms with E-state index < -0.39 is 0 Å². The van der Waals surface area contributed by atoms with E-state index in [0.29, 0.717) is 17.4 Å². The van der Waals surface area contributed by atoms with E-state index in [0.717, 1.165) is 16.3 Å². The molecule has 1 atom stereocenters. The van der Waals surface area contributed by atoms with E-state index in [4.69, 9.17) is 15.0 Å². The molecule has 0 aliphatic carbocycles. The van der Waals surface area contributed by atoms with Crippen LogP contribution >= 0.6 is 11.3 Å². The molecule has 6 nitrogen and oxygen atoms in total. The molecule has 0 aliphatic rings. The molecule has 1 unspecified atom stereocenters. The maximum absolute atomic E-state index is 5.80. The molecular weight excluding hydrogens is 288 g/mol. The Labute approximate surface area is 125 Å².